The van der Waals surface area contributed by atoms with Gasteiger partial charge in [0.1, 0.15) is 0 Å². The molecule has 1 saturated heterocycles. The maximum absolute atomic E-state index is 12.7. The lowest BCUT2D eigenvalue weighted by Gasteiger charge is -2.30. The highest BCUT2D eigenvalue weighted by Gasteiger charge is 2.20. The van der Waals surface area contributed by atoms with E-state index in [1.54, 1.807) is 26.0 Å². The lowest BCUT2D eigenvalue weighted by molar-refractivity contribution is 0.102. The van der Waals surface area contributed by atoms with E-state index in [1.165, 1.54) is 18.6 Å². The van der Waals surface area contributed by atoms with Crippen LogP contribution >= 0.6 is 0 Å². The molecule has 3 rings (SSSR count). The first-order valence-electron chi connectivity index (χ1n) is 9.39. The van der Waals surface area contributed by atoms with Crippen LogP contribution in [0.1, 0.15) is 43.5 Å². The van der Waals surface area contributed by atoms with Crippen LogP contribution in [0, 0.1) is 0 Å². The van der Waals surface area contributed by atoms with Gasteiger partial charge < -0.3 is 10.2 Å². The highest BCUT2D eigenvalue weighted by molar-refractivity contribution is 7.92. The van der Waals surface area contributed by atoms with Crippen molar-refractivity contribution in [2.75, 3.05) is 23.3 Å². The zero-order chi connectivity index (χ0) is 19.4. The quantitative estimate of drug-likeness (QED) is 0.840. The maximum atomic E-state index is 12.7. The SMILES string of the molecule is CC(C)S(=O)(=O)c1ccc(C(=O)Nc2ccccc2N2CCCCC2)cc1. The van der Waals surface area contributed by atoms with E-state index < -0.39 is 15.1 Å². The Labute approximate surface area is 161 Å². The summed E-state index contributed by atoms with van der Waals surface area (Å²) in [5, 5.41) is 2.48. The van der Waals surface area contributed by atoms with E-state index in [9.17, 15) is 13.2 Å². The normalized spacial score (nSPS) is 15.0. The van der Waals surface area contributed by atoms with Crippen LogP contribution in [0.2, 0.25) is 0 Å². The van der Waals surface area contributed by atoms with Gasteiger partial charge in [-0.05, 0) is 69.5 Å². The van der Waals surface area contributed by atoms with Gasteiger partial charge in [-0.3, -0.25) is 4.79 Å². The topological polar surface area (TPSA) is 66.5 Å². The fourth-order valence-electron chi connectivity index (χ4n) is 3.25. The number of anilines is 2. The van der Waals surface area contributed by atoms with Crippen LogP contribution in [0.4, 0.5) is 11.4 Å². The third-order valence-electron chi connectivity index (χ3n) is 4.91. The van der Waals surface area contributed by atoms with Gasteiger partial charge >= 0.3 is 0 Å². The van der Waals surface area contributed by atoms with Crippen molar-refractivity contribution in [1.82, 2.24) is 0 Å². The molecule has 1 N–H and O–H groups in total. The largest absolute Gasteiger partial charge is 0.370 e. The first-order valence-corrected chi connectivity index (χ1v) is 10.9. The van der Waals surface area contributed by atoms with Crippen LogP contribution < -0.4 is 10.2 Å². The van der Waals surface area contributed by atoms with Crippen LogP contribution in [0.25, 0.3) is 0 Å². The number of carbonyl (C=O) groups excluding carboxylic acids is 1. The average Bonchev–Trinajstić information content (AvgIpc) is 2.69. The molecule has 0 bridgehead atoms. The number of sulfone groups is 1. The number of amides is 1. The molecule has 0 atom stereocenters. The van der Waals surface area contributed by atoms with Crippen LogP contribution in [0.5, 0.6) is 0 Å². The molecule has 1 aliphatic rings. The van der Waals surface area contributed by atoms with Crippen molar-refractivity contribution in [1.29, 1.82) is 0 Å². The molecule has 0 spiro atoms. The van der Waals surface area contributed by atoms with E-state index in [1.807, 2.05) is 24.3 Å². The minimum Gasteiger partial charge on any atom is -0.370 e. The van der Waals surface area contributed by atoms with Gasteiger partial charge in [0.05, 0.1) is 21.5 Å². The molecule has 0 aliphatic carbocycles. The number of nitrogens with one attached hydrogen (secondary N) is 1. The molecule has 1 aliphatic heterocycles. The Morgan fingerprint density at radius 3 is 2.22 bits per heavy atom. The molecule has 0 unspecified atom stereocenters. The third-order valence-corrected chi connectivity index (χ3v) is 7.09. The Morgan fingerprint density at radius 2 is 1.59 bits per heavy atom. The fraction of sp³-hybridized carbons (Fsp3) is 0.381. The van der Waals surface area contributed by atoms with Gasteiger partial charge in [0.15, 0.2) is 9.84 Å². The maximum Gasteiger partial charge on any atom is 0.255 e. The molecule has 5 nitrogen and oxygen atoms in total. The van der Waals surface area contributed by atoms with E-state index in [0.29, 0.717) is 5.56 Å². The summed E-state index contributed by atoms with van der Waals surface area (Å²) in [5.41, 5.74) is 2.25. The Bertz CT molecular complexity index is 899. The van der Waals surface area contributed by atoms with Gasteiger partial charge in [-0.15, -0.1) is 0 Å². The number of hydrogen-bond acceptors (Lipinski definition) is 4. The minimum atomic E-state index is -3.34. The van der Waals surface area contributed by atoms with E-state index in [2.05, 4.69) is 10.2 Å². The molecule has 0 saturated carbocycles. The molecule has 1 amide bonds. The predicted octanol–water partition coefficient (Wildman–Crippen LogP) is 4.11. The van der Waals surface area contributed by atoms with Gasteiger partial charge in [0.2, 0.25) is 0 Å². The highest BCUT2D eigenvalue weighted by Crippen LogP contribution is 2.28. The molecule has 1 heterocycles. The summed E-state index contributed by atoms with van der Waals surface area (Å²) in [5.74, 6) is -0.243. The van der Waals surface area contributed by atoms with Gasteiger partial charge in [0.25, 0.3) is 5.91 Å². The first-order chi connectivity index (χ1) is 12.9. The number of nitrogens with zero attached hydrogens (tertiary/aromatic N) is 1. The second kappa shape index (κ2) is 8.13. The van der Waals surface area contributed by atoms with Gasteiger partial charge in [-0.1, -0.05) is 12.1 Å². The Hall–Kier alpha value is -2.34. The van der Waals surface area contributed by atoms with Crippen molar-refractivity contribution in [3.05, 3.63) is 54.1 Å². The van der Waals surface area contributed by atoms with Gasteiger partial charge in [-0.2, -0.15) is 0 Å². The molecular formula is C21H26N2O3S. The lowest BCUT2D eigenvalue weighted by Crippen LogP contribution is -2.30. The zero-order valence-corrected chi connectivity index (χ0v) is 16.6. The second-order valence-corrected chi connectivity index (χ2v) is 9.64. The number of carbonyl (C=O) groups is 1. The summed E-state index contributed by atoms with van der Waals surface area (Å²) >= 11 is 0. The zero-order valence-electron chi connectivity index (χ0n) is 15.8. The van der Waals surface area contributed by atoms with E-state index in [0.717, 1.165) is 37.3 Å². The van der Waals surface area contributed by atoms with E-state index in [4.69, 9.17) is 0 Å². The number of benzene rings is 2. The Balaban J connectivity index is 1.78. The smallest absolute Gasteiger partial charge is 0.255 e. The molecule has 0 aromatic heterocycles. The molecule has 6 heteroatoms. The third kappa shape index (κ3) is 4.33. The van der Waals surface area contributed by atoms with Gasteiger partial charge in [-0.25, -0.2) is 8.42 Å². The van der Waals surface area contributed by atoms with Crippen LogP contribution in [-0.2, 0) is 9.84 Å². The summed E-state index contributed by atoms with van der Waals surface area (Å²) in [6, 6.07) is 13.9. The molecular weight excluding hydrogens is 360 g/mol. The summed E-state index contributed by atoms with van der Waals surface area (Å²) in [6.45, 7) is 5.28. The summed E-state index contributed by atoms with van der Waals surface area (Å²) in [7, 11) is -3.34. The van der Waals surface area contributed by atoms with Crippen molar-refractivity contribution in [2.45, 2.75) is 43.3 Å². The van der Waals surface area contributed by atoms with Crippen LogP contribution in [0.3, 0.4) is 0 Å². The van der Waals surface area contributed by atoms with Crippen LogP contribution in [-0.4, -0.2) is 32.7 Å². The van der Waals surface area contributed by atoms with Crippen LogP contribution in [0.15, 0.2) is 53.4 Å². The average molecular weight is 387 g/mol. The number of para-hydroxylation sites is 2. The van der Waals surface area contributed by atoms with Crippen molar-refractivity contribution >= 4 is 27.1 Å². The number of hydrogen-bond donors (Lipinski definition) is 1. The molecule has 144 valence electrons. The highest BCUT2D eigenvalue weighted by atomic mass is 32.2. The van der Waals surface area contributed by atoms with Crippen molar-refractivity contribution < 1.29 is 13.2 Å². The monoisotopic (exact) mass is 386 g/mol. The first kappa shape index (κ1) is 19.4. The van der Waals surface area contributed by atoms with Crippen molar-refractivity contribution in [3.63, 3.8) is 0 Å². The molecule has 1 fully saturated rings. The standard InChI is InChI=1S/C21H26N2O3S/c1-16(2)27(25,26)18-12-10-17(11-13-18)21(24)22-19-8-4-5-9-20(19)23-14-6-3-7-15-23/h4-5,8-13,16H,3,6-7,14-15H2,1-2H3,(H,22,24). The number of piperidine rings is 1. The number of rotatable bonds is 5. The molecule has 2 aromatic rings. The van der Waals surface area contributed by atoms with Crippen molar-refractivity contribution in [2.24, 2.45) is 0 Å². The fourth-order valence-corrected chi connectivity index (χ4v) is 4.31. The Morgan fingerprint density at radius 1 is 0.963 bits per heavy atom. The second-order valence-electron chi connectivity index (χ2n) is 7.14. The predicted molar refractivity (Wildman–Crippen MR) is 109 cm³/mol. The Kier molecular flexibility index (Phi) is 5.85. The van der Waals surface area contributed by atoms with E-state index >= 15 is 0 Å². The minimum absolute atomic E-state index is 0.239. The van der Waals surface area contributed by atoms with E-state index in [-0.39, 0.29) is 10.8 Å². The van der Waals surface area contributed by atoms with Gasteiger partial charge in [0, 0.05) is 18.7 Å². The summed E-state index contributed by atoms with van der Waals surface area (Å²) in [6.07, 6.45) is 3.57. The summed E-state index contributed by atoms with van der Waals surface area (Å²) < 4.78 is 24.4. The van der Waals surface area contributed by atoms with Crippen molar-refractivity contribution in [3.8, 4) is 0 Å². The lowest BCUT2D eigenvalue weighted by atomic mass is 10.1. The summed E-state index contributed by atoms with van der Waals surface area (Å²) in [4.78, 5) is 15.2. The molecule has 0 radical (unpaired) electrons. The molecule has 27 heavy (non-hydrogen) atoms. The molecule has 2 aromatic carbocycles.